The van der Waals surface area contributed by atoms with E-state index < -0.39 is 0 Å². The summed E-state index contributed by atoms with van der Waals surface area (Å²) in [6.45, 7) is 2.41. The normalized spacial score (nSPS) is 12.2. The Hall–Kier alpha value is -0.770. The van der Waals surface area contributed by atoms with E-state index in [0.717, 1.165) is 5.56 Å². The Morgan fingerprint density at radius 1 is 1.44 bits per heavy atom. The van der Waals surface area contributed by atoms with E-state index in [2.05, 4.69) is 5.32 Å². The van der Waals surface area contributed by atoms with E-state index in [9.17, 15) is 4.79 Å². The SMILES string of the molecule is COCC(C)NC(=O)CCc1ccc(Cl)cc1Cl. The van der Waals surface area contributed by atoms with Gasteiger partial charge in [-0.05, 0) is 31.0 Å². The molecule has 0 heterocycles. The molecule has 0 aliphatic heterocycles. The van der Waals surface area contributed by atoms with Crippen molar-refractivity contribution in [3.8, 4) is 0 Å². The van der Waals surface area contributed by atoms with Crippen LogP contribution < -0.4 is 5.32 Å². The van der Waals surface area contributed by atoms with Crippen molar-refractivity contribution in [2.24, 2.45) is 0 Å². The molecule has 0 bridgehead atoms. The summed E-state index contributed by atoms with van der Waals surface area (Å²) in [5, 5.41) is 4.05. The standard InChI is InChI=1S/C13H17Cl2NO2/c1-9(8-18-2)16-13(17)6-4-10-3-5-11(14)7-12(10)15/h3,5,7,9H,4,6,8H2,1-2H3,(H,16,17). The Morgan fingerprint density at radius 2 is 2.17 bits per heavy atom. The molecule has 0 saturated carbocycles. The lowest BCUT2D eigenvalue weighted by molar-refractivity contribution is -0.122. The van der Waals surface area contributed by atoms with Gasteiger partial charge in [-0.25, -0.2) is 0 Å². The summed E-state index contributed by atoms with van der Waals surface area (Å²) in [4.78, 5) is 11.6. The maximum atomic E-state index is 11.6. The summed E-state index contributed by atoms with van der Waals surface area (Å²) in [7, 11) is 1.61. The highest BCUT2D eigenvalue weighted by Crippen LogP contribution is 2.21. The van der Waals surface area contributed by atoms with E-state index >= 15 is 0 Å². The fourth-order valence-corrected chi connectivity index (χ4v) is 2.11. The second-order valence-electron chi connectivity index (χ2n) is 4.16. The fourth-order valence-electron chi connectivity index (χ4n) is 1.61. The van der Waals surface area contributed by atoms with Gasteiger partial charge in [0.05, 0.1) is 6.61 Å². The Bertz CT molecular complexity index is 410. The van der Waals surface area contributed by atoms with E-state index in [4.69, 9.17) is 27.9 Å². The van der Waals surface area contributed by atoms with Gasteiger partial charge in [0.15, 0.2) is 0 Å². The van der Waals surface area contributed by atoms with Crippen LogP contribution in [0.1, 0.15) is 18.9 Å². The molecule has 0 aliphatic rings. The molecule has 1 aromatic rings. The third kappa shape index (κ3) is 5.25. The first-order valence-electron chi connectivity index (χ1n) is 5.75. The lowest BCUT2D eigenvalue weighted by atomic mass is 10.1. The number of carbonyl (C=O) groups is 1. The predicted octanol–water partition coefficient (Wildman–Crippen LogP) is 3.08. The van der Waals surface area contributed by atoms with Crippen LogP contribution in [0.5, 0.6) is 0 Å². The molecule has 1 N–H and O–H groups in total. The van der Waals surface area contributed by atoms with Gasteiger partial charge in [-0.15, -0.1) is 0 Å². The van der Waals surface area contributed by atoms with E-state index in [1.54, 1.807) is 19.2 Å². The summed E-state index contributed by atoms with van der Waals surface area (Å²) in [5.41, 5.74) is 0.926. The highest BCUT2D eigenvalue weighted by atomic mass is 35.5. The Morgan fingerprint density at radius 3 is 2.78 bits per heavy atom. The van der Waals surface area contributed by atoms with Crippen LogP contribution in [0.2, 0.25) is 10.0 Å². The molecule has 18 heavy (non-hydrogen) atoms. The number of benzene rings is 1. The smallest absolute Gasteiger partial charge is 0.220 e. The number of nitrogens with one attached hydrogen (secondary N) is 1. The third-order valence-corrected chi connectivity index (χ3v) is 3.05. The van der Waals surface area contributed by atoms with E-state index in [1.165, 1.54) is 0 Å². The van der Waals surface area contributed by atoms with Crippen molar-refractivity contribution >= 4 is 29.1 Å². The topological polar surface area (TPSA) is 38.3 Å². The van der Waals surface area contributed by atoms with Crippen LogP contribution in [0.3, 0.4) is 0 Å². The lowest BCUT2D eigenvalue weighted by Gasteiger charge is -2.12. The monoisotopic (exact) mass is 289 g/mol. The highest BCUT2D eigenvalue weighted by molar-refractivity contribution is 6.35. The number of halogens is 2. The average Bonchev–Trinajstić information content (AvgIpc) is 2.28. The molecule has 0 fully saturated rings. The summed E-state index contributed by atoms with van der Waals surface area (Å²) >= 11 is 11.8. The quantitative estimate of drug-likeness (QED) is 0.874. The molecule has 1 atom stereocenters. The molecule has 1 rings (SSSR count). The summed E-state index contributed by atoms with van der Waals surface area (Å²) in [5.74, 6) is -0.00873. The minimum absolute atomic E-state index is 0.00873. The third-order valence-electron chi connectivity index (χ3n) is 2.46. The van der Waals surface area contributed by atoms with Gasteiger partial charge in [0.2, 0.25) is 5.91 Å². The Labute approximate surface area is 117 Å². The van der Waals surface area contributed by atoms with Gasteiger partial charge in [-0.1, -0.05) is 29.3 Å². The van der Waals surface area contributed by atoms with E-state index in [-0.39, 0.29) is 11.9 Å². The average molecular weight is 290 g/mol. The largest absolute Gasteiger partial charge is 0.383 e. The molecule has 0 aromatic heterocycles. The second-order valence-corrected chi connectivity index (χ2v) is 5.00. The minimum Gasteiger partial charge on any atom is -0.383 e. The fraction of sp³-hybridized carbons (Fsp3) is 0.462. The van der Waals surface area contributed by atoms with Crippen LogP contribution in [0.15, 0.2) is 18.2 Å². The molecular weight excluding hydrogens is 273 g/mol. The molecule has 100 valence electrons. The summed E-state index contributed by atoms with van der Waals surface area (Å²) in [6.07, 6.45) is 0.997. The van der Waals surface area contributed by atoms with Crippen molar-refractivity contribution in [1.29, 1.82) is 0 Å². The molecule has 0 aliphatic carbocycles. The van der Waals surface area contributed by atoms with Crippen LogP contribution in [-0.2, 0) is 16.0 Å². The van der Waals surface area contributed by atoms with Gasteiger partial charge in [0, 0.05) is 29.6 Å². The first-order valence-corrected chi connectivity index (χ1v) is 6.50. The van der Waals surface area contributed by atoms with Crippen molar-refractivity contribution in [3.05, 3.63) is 33.8 Å². The van der Waals surface area contributed by atoms with Crippen LogP contribution in [-0.4, -0.2) is 25.7 Å². The number of carbonyl (C=O) groups excluding carboxylic acids is 1. The zero-order valence-electron chi connectivity index (χ0n) is 10.5. The molecule has 5 heteroatoms. The molecule has 0 spiro atoms. The van der Waals surface area contributed by atoms with Crippen molar-refractivity contribution in [2.45, 2.75) is 25.8 Å². The van der Waals surface area contributed by atoms with Crippen LogP contribution in [0.4, 0.5) is 0 Å². The van der Waals surface area contributed by atoms with Crippen LogP contribution in [0.25, 0.3) is 0 Å². The van der Waals surface area contributed by atoms with E-state index in [1.807, 2.05) is 13.0 Å². The Kier molecular flexibility index (Phi) is 6.47. The zero-order valence-corrected chi connectivity index (χ0v) is 12.0. The highest BCUT2D eigenvalue weighted by Gasteiger charge is 2.08. The summed E-state index contributed by atoms with van der Waals surface area (Å²) < 4.78 is 4.95. The first-order chi connectivity index (χ1) is 8.52. The first kappa shape index (κ1) is 15.3. The van der Waals surface area contributed by atoms with Gasteiger partial charge in [-0.3, -0.25) is 4.79 Å². The lowest BCUT2D eigenvalue weighted by Crippen LogP contribution is -2.35. The van der Waals surface area contributed by atoms with Gasteiger partial charge in [-0.2, -0.15) is 0 Å². The van der Waals surface area contributed by atoms with Crippen molar-refractivity contribution < 1.29 is 9.53 Å². The Balaban J connectivity index is 2.42. The van der Waals surface area contributed by atoms with Crippen molar-refractivity contribution in [1.82, 2.24) is 5.32 Å². The zero-order chi connectivity index (χ0) is 13.5. The minimum atomic E-state index is -0.00873. The predicted molar refractivity (Wildman–Crippen MR) is 74.3 cm³/mol. The molecule has 1 aromatic carbocycles. The number of aryl methyl sites for hydroxylation is 1. The molecule has 1 unspecified atom stereocenters. The second kappa shape index (κ2) is 7.62. The van der Waals surface area contributed by atoms with Crippen LogP contribution >= 0.6 is 23.2 Å². The van der Waals surface area contributed by atoms with Crippen molar-refractivity contribution in [2.75, 3.05) is 13.7 Å². The number of hydrogen-bond donors (Lipinski definition) is 1. The number of rotatable bonds is 6. The summed E-state index contributed by atoms with van der Waals surface area (Å²) in [6, 6.07) is 5.32. The van der Waals surface area contributed by atoms with Crippen LogP contribution in [0, 0.1) is 0 Å². The number of ether oxygens (including phenoxy) is 1. The molecule has 1 amide bonds. The van der Waals surface area contributed by atoms with Gasteiger partial charge in [0.25, 0.3) is 0 Å². The van der Waals surface area contributed by atoms with Gasteiger partial charge >= 0.3 is 0 Å². The van der Waals surface area contributed by atoms with Gasteiger partial charge in [0.1, 0.15) is 0 Å². The van der Waals surface area contributed by atoms with E-state index in [0.29, 0.717) is 29.5 Å². The molecule has 0 saturated heterocycles. The van der Waals surface area contributed by atoms with Crippen molar-refractivity contribution in [3.63, 3.8) is 0 Å². The number of methoxy groups -OCH3 is 1. The molecule has 0 radical (unpaired) electrons. The molecule has 3 nitrogen and oxygen atoms in total. The number of amides is 1. The maximum absolute atomic E-state index is 11.6. The molecular formula is C13H17Cl2NO2. The maximum Gasteiger partial charge on any atom is 0.220 e. The van der Waals surface area contributed by atoms with Gasteiger partial charge < -0.3 is 10.1 Å². The number of hydrogen-bond acceptors (Lipinski definition) is 2.